The van der Waals surface area contributed by atoms with Crippen molar-refractivity contribution in [1.29, 1.82) is 0 Å². The Balaban J connectivity index is 2.24. The lowest BCUT2D eigenvalue weighted by molar-refractivity contribution is -0.155. The summed E-state index contributed by atoms with van der Waals surface area (Å²) >= 11 is 0. The molecule has 23 heavy (non-hydrogen) atoms. The van der Waals surface area contributed by atoms with Crippen molar-refractivity contribution in [2.45, 2.75) is 38.4 Å². The largest absolute Gasteiger partial charge is 0.397 e. The Morgan fingerprint density at radius 1 is 1.22 bits per heavy atom. The zero-order valence-electron chi connectivity index (χ0n) is 12.9. The minimum absolute atomic E-state index is 0.0348. The Morgan fingerprint density at radius 2 is 1.83 bits per heavy atom. The predicted octanol–water partition coefficient (Wildman–Crippen LogP) is 3.30. The van der Waals surface area contributed by atoms with Gasteiger partial charge in [-0.25, -0.2) is 4.79 Å². The van der Waals surface area contributed by atoms with Gasteiger partial charge in [-0.1, -0.05) is 50.6 Å². The van der Waals surface area contributed by atoms with Crippen LogP contribution in [-0.4, -0.2) is 35.6 Å². The lowest BCUT2D eigenvalue weighted by Crippen LogP contribution is -2.40. The van der Waals surface area contributed by atoms with Gasteiger partial charge in [0.05, 0.1) is 5.92 Å². The molecule has 0 saturated carbocycles. The molecular weight excluding hydrogens is 309 g/mol. The highest BCUT2D eigenvalue weighted by Crippen LogP contribution is 2.36. The van der Waals surface area contributed by atoms with Crippen molar-refractivity contribution in [3.8, 4) is 0 Å². The second-order valence-corrected chi connectivity index (χ2v) is 5.77. The lowest BCUT2D eigenvalue weighted by atomic mass is 9.96. The van der Waals surface area contributed by atoms with Crippen molar-refractivity contribution in [2.75, 3.05) is 6.54 Å². The number of alkyl halides is 3. The number of imide groups is 1. The van der Waals surface area contributed by atoms with Crippen molar-refractivity contribution < 1.29 is 22.8 Å². The Bertz CT molecular complexity index is 574. The molecule has 1 fully saturated rings. The smallest absolute Gasteiger partial charge is 0.326 e. The van der Waals surface area contributed by atoms with E-state index in [4.69, 9.17) is 0 Å². The zero-order chi connectivity index (χ0) is 17.2. The van der Waals surface area contributed by atoms with Gasteiger partial charge in [-0.15, -0.1) is 0 Å². The molecule has 126 valence electrons. The molecule has 1 heterocycles. The van der Waals surface area contributed by atoms with Crippen molar-refractivity contribution >= 4 is 11.9 Å². The van der Waals surface area contributed by atoms with Crippen LogP contribution in [0.25, 0.3) is 0 Å². The number of hydrogen-bond acceptors (Lipinski definition) is 2. The Labute approximate surface area is 132 Å². The molecule has 1 aromatic rings. The average Bonchev–Trinajstić information content (AvgIpc) is 2.78. The topological polar surface area (TPSA) is 49.4 Å². The number of hydrogen-bond donors (Lipinski definition) is 1. The molecule has 2 rings (SSSR count). The van der Waals surface area contributed by atoms with Gasteiger partial charge in [-0.3, -0.25) is 9.69 Å². The Kier molecular flexibility index (Phi) is 4.97. The van der Waals surface area contributed by atoms with E-state index in [1.807, 2.05) is 6.92 Å². The van der Waals surface area contributed by atoms with Crippen LogP contribution in [0.3, 0.4) is 0 Å². The summed E-state index contributed by atoms with van der Waals surface area (Å²) in [6.07, 6.45) is -3.90. The monoisotopic (exact) mass is 328 g/mol. The first kappa shape index (κ1) is 17.3. The fourth-order valence-corrected chi connectivity index (χ4v) is 2.60. The molecule has 1 unspecified atom stereocenters. The van der Waals surface area contributed by atoms with E-state index in [0.717, 1.165) is 0 Å². The van der Waals surface area contributed by atoms with E-state index < -0.39 is 36.6 Å². The minimum atomic E-state index is -4.55. The molecule has 7 heteroatoms. The number of halogens is 3. The molecule has 1 aliphatic rings. The highest BCUT2D eigenvalue weighted by molar-refractivity contribution is 6.04. The Morgan fingerprint density at radius 3 is 2.35 bits per heavy atom. The molecule has 4 nitrogen and oxygen atoms in total. The third-order valence-electron chi connectivity index (χ3n) is 4.23. The van der Waals surface area contributed by atoms with Gasteiger partial charge >= 0.3 is 12.2 Å². The summed E-state index contributed by atoms with van der Waals surface area (Å²) in [5.74, 6) is -2.61. The van der Waals surface area contributed by atoms with Crippen LogP contribution in [0.4, 0.5) is 18.0 Å². The van der Waals surface area contributed by atoms with Crippen LogP contribution in [0.15, 0.2) is 30.3 Å². The summed E-state index contributed by atoms with van der Waals surface area (Å²) in [4.78, 5) is 24.9. The summed E-state index contributed by atoms with van der Waals surface area (Å²) in [5.41, 5.74) is 0.0348. The van der Waals surface area contributed by atoms with Crippen molar-refractivity contribution in [1.82, 2.24) is 10.2 Å². The maximum absolute atomic E-state index is 13.4. The van der Waals surface area contributed by atoms with Crippen LogP contribution in [0.5, 0.6) is 0 Å². The highest BCUT2D eigenvalue weighted by Gasteiger charge is 2.47. The van der Waals surface area contributed by atoms with E-state index >= 15 is 0 Å². The molecule has 0 aromatic heterocycles. The van der Waals surface area contributed by atoms with E-state index in [1.54, 1.807) is 13.0 Å². The molecule has 1 N–H and O–H groups in total. The molecule has 1 saturated heterocycles. The van der Waals surface area contributed by atoms with Crippen LogP contribution >= 0.6 is 0 Å². The van der Waals surface area contributed by atoms with Gasteiger partial charge in [-0.05, 0) is 11.5 Å². The second kappa shape index (κ2) is 6.60. The number of rotatable bonds is 5. The van der Waals surface area contributed by atoms with Gasteiger partial charge in [0.1, 0.15) is 6.04 Å². The summed E-state index contributed by atoms with van der Waals surface area (Å²) in [5, 5.41) is 2.48. The van der Waals surface area contributed by atoms with Gasteiger partial charge in [-0.2, -0.15) is 13.2 Å². The highest BCUT2D eigenvalue weighted by atomic mass is 19.4. The molecule has 3 atom stereocenters. The molecule has 0 bridgehead atoms. The number of benzene rings is 1. The van der Waals surface area contributed by atoms with E-state index in [0.29, 0.717) is 11.3 Å². The number of nitrogens with zero attached hydrogens (tertiary/aromatic N) is 1. The third kappa shape index (κ3) is 3.65. The van der Waals surface area contributed by atoms with E-state index in [-0.39, 0.29) is 11.5 Å². The minimum Gasteiger partial charge on any atom is -0.326 e. The quantitative estimate of drug-likeness (QED) is 0.843. The van der Waals surface area contributed by atoms with E-state index in [9.17, 15) is 22.8 Å². The first-order valence-corrected chi connectivity index (χ1v) is 7.49. The maximum atomic E-state index is 13.4. The van der Waals surface area contributed by atoms with Crippen LogP contribution in [-0.2, 0) is 4.79 Å². The van der Waals surface area contributed by atoms with Gasteiger partial charge in [0.15, 0.2) is 0 Å². The normalized spacial score (nSPS) is 21.3. The number of carbonyl (C=O) groups excluding carboxylic acids is 2. The standard InChI is InChI=1S/C16H19F3N2O2/c1-3-10(2)13-14(22)21(15(23)20-13)9-12(16(17,18)19)11-7-5-4-6-8-11/h4-8,10,12-13H,3,9H2,1-2H3,(H,20,23)/t10-,12?,13-/m0/s1. The van der Waals surface area contributed by atoms with Crippen molar-refractivity contribution in [3.63, 3.8) is 0 Å². The SMILES string of the molecule is CC[C@H](C)[C@@H]1NC(=O)N(CC(c2ccccc2)C(F)(F)F)C1=O. The fraction of sp³-hybridized carbons (Fsp3) is 0.500. The molecule has 0 radical (unpaired) electrons. The summed E-state index contributed by atoms with van der Waals surface area (Å²) in [6.45, 7) is 2.94. The van der Waals surface area contributed by atoms with Gasteiger partial charge in [0.2, 0.25) is 0 Å². The first-order chi connectivity index (χ1) is 10.8. The summed E-state index contributed by atoms with van der Waals surface area (Å²) in [6, 6.07) is 5.81. The molecule has 0 aliphatic carbocycles. The molecule has 0 spiro atoms. The van der Waals surface area contributed by atoms with Gasteiger partial charge in [0.25, 0.3) is 5.91 Å². The van der Waals surface area contributed by atoms with Crippen LogP contribution in [0, 0.1) is 5.92 Å². The van der Waals surface area contributed by atoms with Crippen LogP contribution < -0.4 is 5.32 Å². The first-order valence-electron chi connectivity index (χ1n) is 7.49. The zero-order valence-corrected chi connectivity index (χ0v) is 12.9. The number of amides is 3. The van der Waals surface area contributed by atoms with Crippen LogP contribution in [0.1, 0.15) is 31.7 Å². The predicted molar refractivity (Wildman–Crippen MR) is 78.7 cm³/mol. The van der Waals surface area contributed by atoms with Gasteiger partial charge < -0.3 is 5.32 Å². The number of nitrogens with one attached hydrogen (secondary N) is 1. The molecule has 3 amide bonds. The number of carbonyl (C=O) groups is 2. The van der Waals surface area contributed by atoms with Crippen molar-refractivity contribution in [2.24, 2.45) is 5.92 Å². The summed E-state index contributed by atoms with van der Waals surface area (Å²) in [7, 11) is 0. The fourth-order valence-electron chi connectivity index (χ4n) is 2.60. The van der Waals surface area contributed by atoms with E-state index in [1.165, 1.54) is 24.3 Å². The number of urea groups is 1. The second-order valence-electron chi connectivity index (χ2n) is 5.77. The molecular formula is C16H19F3N2O2. The average molecular weight is 328 g/mol. The molecule has 1 aliphatic heterocycles. The maximum Gasteiger partial charge on any atom is 0.397 e. The Hall–Kier alpha value is -2.05. The van der Waals surface area contributed by atoms with Crippen LogP contribution in [0.2, 0.25) is 0 Å². The van der Waals surface area contributed by atoms with Crippen molar-refractivity contribution in [3.05, 3.63) is 35.9 Å². The molecule has 1 aromatic carbocycles. The lowest BCUT2D eigenvalue weighted by Gasteiger charge is -2.25. The summed E-state index contributed by atoms with van der Waals surface area (Å²) < 4.78 is 40.1. The van der Waals surface area contributed by atoms with Gasteiger partial charge in [0, 0.05) is 6.54 Å². The van der Waals surface area contributed by atoms with E-state index in [2.05, 4.69) is 5.32 Å². The third-order valence-corrected chi connectivity index (χ3v) is 4.23.